The first-order chi connectivity index (χ1) is 14.3. The van der Waals surface area contributed by atoms with Crippen LogP contribution in [0.15, 0.2) is 16.5 Å². The van der Waals surface area contributed by atoms with Crippen molar-refractivity contribution in [1.82, 2.24) is 5.32 Å². The zero-order valence-electron chi connectivity index (χ0n) is 17.9. The lowest BCUT2D eigenvalue weighted by molar-refractivity contribution is -0.139. The number of esters is 1. The maximum absolute atomic E-state index is 13.1. The summed E-state index contributed by atoms with van der Waals surface area (Å²) in [7, 11) is 1.34. The number of hydrogen-bond acceptors (Lipinski definition) is 6. The van der Waals surface area contributed by atoms with E-state index in [9.17, 15) is 14.4 Å². The third-order valence-corrected chi connectivity index (χ3v) is 6.45. The van der Waals surface area contributed by atoms with E-state index in [2.05, 4.69) is 30.0 Å². The van der Waals surface area contributed by atoms with Crippen molar-refractivity contribution in [2.24, 2.45) is 0 Å². The lowest BCUT2D eigenvalue weighted by Crippen LogP contribution is -2.29. The Balaban J connectivity index is 1.72. The summed E-state index contributed by atoms with van der Waals surface area (Å²) in [6, 6.07) is 4.03. The molecule has 0 unspecified atom stereocenters. The van der Waals surface area contributed by atoms with Crippen LogP contribution in [0.3, 0.4) is 0 Å². The summed E-state index contributed by atoms with van der Waals surface area (Å²) in [5.74, 6) is -0.0888. The molecule has 1 aromatic carbocycles. The quantitative estimate of drug-likeness (QED) is 0.462. The third kappa shape index (κ3) is 3.19. The van der Waals surface area contributed by atoms with Crippen LogP contribution in [0.4, 0.5) is 0 Å². The van der Waals surface area contributed by atoms with E-state index >= 15 is 0 Å². The Morgan fingerprint density at radius 1 is 1.20 bits per heavy atom. The highest BCUT2D eigenvalue weighted by Crippen LogP contribution is 2.45. The standard InChI is InChI=1S/C24H27NO5/c1-13-17(9-11-25-12-18(26)29-4)30-23-15-7-8-16-14(6-5-10-24(16,2)3)20(15)22(28)21(27)19(13)23/h7-8,25H,5-6,9-12H2,1-4H3. The van der Waals surface area contributed by atoms with Gasteiger partial charge in [-0.2, -0.15) is 0 Å². The van der Waals surface area contributed by atoms with Gasteiger partial charge in [-0.1, -0.05) is 26.0 Å². The molecule has 158 valence electrons. The van der Waals surface area contributed by atoms with Crippen molar-refractivity contribution < 1.29 is 23.5 Å². The molecule has 0 fully saturated rings. The van der Waals surface area contributed by atoms with E-state index in [0.717, 1.165) is 36.0 Å². The fraction of sp³-hybridized carbons (Fsp3) is 0.458. The number of fused-ring (bicyclic) bond motifs is 5. The minimum atomic E-state index is -0.482. The van der Waals surface area contributed by atoms with Gasteiger partial charge in [-0.05, 0) is 42.7 Å². The van der Waals surface area contributed by atoms with Crippen molar-refractivity contribution in [2.45, 2.75) is 51.9 Å². The summed E-state index contributed by atoms with van der Waals surface area (Å²) in [5.41, 5.74) is 4.49. The predicted molar refractivity (Wildman–Crippen MR) is 112 cm³/mol. The van der Waals surface area contributed by atoms with Gasteiger partial charge in [-0.15, -0.1) is 0 Å². The van der Waals surface area contributed by atoms with Crippen molar-refractivity contribution >= 4 is 17.5 Å². The van der Waals surface area contributed by atoms with Crippen LogP contribution in [0.25, 0.3) is 11.3 Å². The van der Waals surface area contributed by atoms with Gasteiger partial charge >= 0.3 is 5.97 Å². The molecule has 1 aromatic heterocycles. The van der Waals surface area contributed by atoms with E-state index in [1.165, 1.54) is 7.11 Å². The molecule has 0 spiro atoms. The van der Waals surface area contributed by atoms with E-state index in [-0.39, 0.29) is 17.9 Å². The van der Waals surface area contributed by atoms with Gasteiger partial charge in [0.05, 0.1) is 19.2 Å². The minimum absolute atomic E-state index is 0.0121. The Hall–Kier alpha value is -2.73. The first kappa shape index (κ1) is 20.5. The molecule has 0 atom stereocenters. The number of methoxy groups -OCH3 is 1. The van der Waals surface area contributed by atoms with Crippen LogP contribution < -0.4 is 5.32 Å². The molecule has 1 heterocycles. The van der Waals surface area contributed by atoms with Crippen LogP contribution in [0, 0.1) is 6.92 Å². The molecular weight excluding hydrogens is 382 g/mol. The Bertz CT molecular complexity index is 1060. The second kappa shape index (κ2) is 7.51. The van der Waals surface area contributed by atoms with E-state index in [1.807, 2.05) is 13.0 Å². The summed E-state index contributed by atoms with van der Waals surface area (Å²) in [5, 5.41) is 2.99. The third-order valence-electron chi connectivity index (χ3n) is 6.45. The van der Waals surface area contributed by atoms with Gasteiger partial charge in [0, 0.05) is 29.7 Å². The van der Waals surface area contributed by atoms with Crippen molar-refractivity contribution in [3.63, 3.8) is 0 Å². The lowest BCUT2D eigenvalue weighted by Gasteiger charge is -2.34. The molecule has 0 radical (unpaired) electrons. The second-order valence-corrected chi connectivity index (χ2v) is 8.77. The molecule has 6 nitrogen and oxygen atoms in total. The SMILES string of the molecule is COC(=O)CNCCc1oc2c(c1C)C(=O)C(=O)c1c-2ccc2c1CCCC2(C)C. The van der Waals surface area contributed by atoms with E-state index in [4.69, 9.17) is 4.42 Å². The smallest absolute Gasteiger partial charge is 0.319 e. The number of nitrogens with one attached hydrogen (secondary N) is 1. The van der Waals surface area contributed by atoms with Crippen LogP contribution in [-0.4, -0.2) is 37.7 Å². The van der Waals surface area contributed by atoms with Crippen molar-refractivity contribution in [3.05, 3.63) is 45.7 Å². The molecule has 2 aromatic rings. The summed E-state index contributed by atoms with van der Waals surface area (Å²) >= 11 is 0. The molecule has 4 rings (SSSR count). The van der Waals surface area contributed by atoms with Crippen LogP contribution in [0.1, 0.15) is 69.9 Å². The minimum Gasteiger partial charge on any atom is -0.468 e. The zero-order valence-corrected chi connectivity index (χ0v) is 17.9. The van der Waals surface area contributed by atoms with Crippen LogP contribution in [0.2, 0.25) is 0 Å². The molecule has 0 aliphatic heterocycles. The number of benzene rings is 1. The normalized spacial score (nSPS) is 16.7. The van der Waals surface area contributed by atoms with Gasteiger partial charge in [-0.25, -0.2) is 0 Å². The number of carbonyl (C=O) groups is 3. The first-order valence-electron chi connectivity index (χ1n) is 10.4. The molecule has 6 heteroatoms. The zero-order chi connectivity index (χ0) is 21.6. The Morgan fingerprint density at radius 2 is 1.93 bits per heavy atom. The molecule has 30 heavy (non-hydrogen) atoms. The maximum Gasteiger partial charge on any atom is 0.319 e. The van der Waals surface area contributed by atoms with Crippen molar-refractivity contribution in [1.29, 1.82) is 0 Å². The molecule has 0 saturated carbocycles. The average Bonchev–Trinajstić information content (AvgIpc) is 3.05. The van der Waals surface area contributed by atoms with Crippen LogP contribution >= 0.6 is 0 Å². The first-order valence-corrected chi connectivity index (χ1v) is 10.4. The van der Waals surface area contributed by atoms with Crippen LogP contribution in [0.5, 0.6) is 0 Å². The van der Waals surface area contributed by atoms with Crippen molar-refractivity contribution in [2.75, 3.05) is 20.2 Å². The topological polar surface area (TPSA) is 85.6 Å². The number of hydrogen-bond donors (Lipinski definition) is 1. The molecule has 0 amide bonds. The largest absolute Gasteiger partial charge is 0.468 e. The van der Waals surface area contributed by atoms with E-state index < -0.39 is 11.6 Å². The maximum atomic E-state index is 13.1. The molecule has 0 saturated heterocycles. The second-order valence-electron chi connectivity index (χ2n) is 8.77. The number of rotatable bonds is 5. The summed E-state index contributed by atoms with van der Waals surface area (Å²) in [4.78, 5) is 37.4. The van der Waals surface area contributed by atoms with Gasteiger partial charge < -0.3 is 14.5 Å². The summed E-state index contributed by atoms with van der Waals surface area (Å²) < 4.78 is 10.7. The number of ether oxygens (including phenoxy) is 1. The fourth-order valence-corrected chi connectivity index (χ4v) is 4.79. The molecule has 0 bridgehead atoms. The summed E-state index contributed by atoms with van der Waals surface area (Å²) in [6.45, 7) is 6.80. The Kier molecular flexibility index (Phi) is 5.14. The Labute approximate surface area is 176 Å². The van der Waals surface area contributed by atoms with Gasteiger partial charge in [0.25, 0.3) is 0 Å². The fourth-order valence-electron chi connectivity index (χ4n) is 4.79. The van der Waals surface area contributed by atoms with Crippen LogP contribution in [-0.2, 0) is 27.8 Å². The molecule has 2 aliphatic rings. The highest BCUT2D eigenvalue weighted by Gasteiger charge is 2.40. The number of Topliss-reactive ketones (excluding diaryl/α,β-unsaturated/α-hetero) is 2. The van der Waals surface area contributed by atoms with E-state index in [1.54, 1.807) is 0 Å². The summed E-state index contributed by atoms with van der Waals surface area (Å²) in [6.07, 6.45) is 3.37. The number of ketones is 2. The van der Waals surface area contributed by atoms with Gasteiger partial charge in [0.1, 0.15) is 11.5 Å². The van der Waals surface area contributed by atoms with Gasteiger partial charge in [-0.3, -0.25) is 14.4 Å². The highest BCUT2D eigenvalue weighted by molar-refractivity contribution is 6.53. The average molecular weight is 409 g/mol. The molecule has 1 N–H and O–H groups in total. The molecule has 2 aliphatic carbocycles. The van der Waals surface area contributed by atoms with E-state index in [0.29, 0.717) is 41.2 Å². The monoisotopic (exact) mass is 409 g/mol. The number of carbonyl (C=O) groups excluding carboxylic acids is 3. The Morgan fingerprint density at radius 3 is 2.67 bits per heavy atom. The highest BCUT2D eigenvalue weighted by atomic mass is 16.5. The lowest BCUT2D eigenvalue weighted by atomic mass is 9.69. The number of furan rings is 1. The molecular formula is C24H27NO5. The predicted octanol–water partition coefficient (Wildman–Crippen LogP) is 3.55. The van der Waals surface area contributed by atoms with Gasteiger partial charge in [0.2, 0.25) is 11.6 Å². The van der Waals surface area contributed by atoms with Crippen molar-refractivity contribution in [3.8, 4) is 11.3 Å². The van der Waals surface area contributed by atoms with Gasteiger partial charge in [0.15, 0.2) is 0 Å².